The third kappa shape index (κ3) is 4.13. The summed E-state index contributed by atoms with van der Waals surface area (Å²) in [5.74, 6) is 0.300. The molecule has 0 amide bonds. The molecule has 0 saturated carbocycles. The van der Waals surface area contributed by atoms with E-state index in [1.807, 2.05) is 13.0 Å². The number of carbonyl (C=O) groups excluding carboxylic acids is 1. The van der Waals surface area contributed by atoms with Gasteiger partial charge in [0, 0.05) is 26.3 Å². The molecule has 0 saturated heterocycles. The number of hydrogen-bond donors (Lipinski definition) is 1. The molecule has 1 rings (SSSR count). The summed E-state index contributed by atoms with van der Waals surface area (Å²) in [4.78, 5) is 15.6. The molecule has 1 aromatic rings. The van der Waals surface area contributed by atoms with Gasteiger partial charge in [0.25, 0.3) is 0 Å². The zero-order valence-electron chi connectivity index (χ0n) is 10.2. The molecule has 0 unspecified atom stereocenters. The van der Waals surface area contributed by atoms with Crippen molar-refractivity contribution in [3.63, 3.8) is 0 Å². The van der Waals surface area contributed by atoms with Gasteiger partial charge < -0.3 is 14.4 Å². The fourth-order valence-electron chi connectivity index (χ4n) is 1.36. The summed E-state index contributed by atoms with van der Waals surface area (Å²) in [7, 11) is 0. The molecule has 5 nitrogen and oxygen atoms in total. The standard InChI is InChI=1S/C12H18N2O3/c1-3-17-9-14-8-11(6-4-5-7-15)13-12(14)10(2)16/h4,6,8,15H,3,5,7,9H2,1-2H3/b6-4-. The number of aliphatic hydroxyl groups excluding tert-OH is 1. The molecule has 94 valence electrons. The Kier molecular flexibility index (Phi) is 5.59. The van der Waals surface area contributed by atoms with Crippen LogP contribution in [0, 0.1) is 0 Å². The summed E-state index contributed by atoms with van der Waals surface area (Å²) in [5, 5.41) is 8.66. The Morgan fingerprint density at radius 1 is 1.65 bits per heavy atom. The number of ether oxygens (including phenoxy) is 1. The van der Waals surface area contributed by atoms with Crippen LogP contribution < -0.4 is 0 Å². The monoisotopic (exact) mass is 238 g/mol. The lowest BCUT2D eigenvalue weighted by atomic mass is 10.3. The van der Waals surface area contributed by atoms with Crippen molar-refractivity contribution in [2.45, 2.75) is 27.0 Å². The third-order valence-corrected chi connectivity index (χ3v) is 2.13. The lowest BCUT2D eigenvalue weighted by Gasteiger charge is -2.04. The van der Waals surface area contributed by atoms with Crippen molar-refractivity contribution in [3.8, 4) is 0 Å². The number of aromatic nitrogens is 2. The highest BCUT2D eigenvalue weighted by atomic mass is 16.5. The molecule has 0 fully saturated rings. The van der Waals surface area contributed by atoms with Crippen molar-refractivity contribution in [1.82, 2.24) is 9.55 Å². The highest BCUT2D eigenvalue weighted by Crippen LogP contribution is 2.07. The molecule has 1 aromatic heterocycles. The maximum absolute atomic E-state index is 11.4. The SMILES string of the molecule is CCOCn1cc(/C=C\CCO)nc1C(C)=O. The molecular formula is C12H18N2O3. The minimum absolute atomic E-state index is 0.0912. The van der Waals surface area contributed by atoms with Gasteiger partial charge >= 0.3 is 0 Å². The lowest BCUT2D eigenvalue weighted by molar-refractivity contribution is 0.0810. The van der Waals surface area contributed by atoms with E-state index in [9.17, 15) is 4.79 Å². The molecule has 0 atom stereocenters. The van der Waals surface area contributed by atoms with Crippen LogP contribution in [0.1, 0.15) is 36.6 Å². The van der Waals surface area contributed by atoms with Gasteiger partial charge in [-0.05, 0) is 19.4 Å². The van der Waals surface area contributed by atoms with E-state index < -0.39 is 0 Å². The van der Waals surface area contributed by atoms with Gasteiger partial charge in [-0.25, -0.2) is 4.98 Å². The Bertz CT molecular complexity index is 396. The molecule has 0 spiro atoms. The van der Waals surface area contributed by atoms with Crippen LogP contribution in [0.5, 0.6) is 0 Å². The number of rotatable bonds is 7. The first-order valence-electron chi connectivity index (χ1n) is 5.62. The van der Waals surface area contributed by atoms with Gasteiger partial charge in [0.05, 0.1) is 5.69 Å². The van der Waals surface area contributed by atoms with E-state index in [1.165, 1.54) is 6.92 Å². The van der Waals surface area contributed by atoms with Crippen LogP contribution >= 0.6 is 0 Å². The molecular weight excluding hydrogens is 220 g/mol. The van der Waals surface area contributed by atoms with E-state index in [1.54, 1.807) is 16.8 Å². The molecule has 0 aliphatic carbocycles. The average molecular weight is 238 g/mol. The predicted molar refractivity (Wildman–Crippen MR) is 64.6 cm³/mol. The molecule has 5 heteroatoms. The number of carbonyl (C=O) groups is 1. The first-order chi connectivity index (χ1) is 8.19. The van der Waals surface area contributed by atoms with Crippen LogP contribution in [-0.2, 0) is 11.5 Å². The van der Waals surface area contributed by atoms with Crippen molar-refractivity contribution in [3.05, 3.63) is 23.8 Å². The number of nitrogens with zero attached hydrogens (tertiary/aromatic N) is 2. The van der Waals surface area contributed by atoms with Gasteiger partial charge in [-0.1, -0.05) is 6.08 Å². The largest absolute Gasteiger partial charge is 0.396 e. The van der Waals surface area contributed by atoms with Gasteiger partial charge in [0.1, 0.15) is 6.73 Å². The Morgan fingerprint density at radius 2 is 2.41 bits per heavy atom. The van der Waals surface area contributed by atoms with Crippen LogP contribution in [0.25, 0.3) is 6.08 Å². The smallest absolute Gasteiger partial charge is 0.195 e. The maximum atomic E-state index is 11.4. The van der Waals surface area contributed by atoms with Crippen molar-refractivity contribution >= 4 is 11.9 Å². The third-order valence-electron chi connectivity index (χ3n) is 2.13. The zero-order valence-corrected chi connectivity index (χ0v) is 10.2. The summed E-state index contributed by atoms with van der Waals surface area (Å²) in [6.07, 6.45) is 5.94. The Balaban J connectivity index is 2.83. The van der Waals surface area contributed by atoms with Gasteiger partial charge in [-0.15, -0.1) is 0 Å². The summed E-state index contributed by atoms with van der Waals surface area (Å²) < 4.78 is 6.94. The second-order valence-electron chi connectivity index (χ2n) is 3.55. The van der Waals surface area contributed by atoms with Crippen molar-refractivity contribution < 1.29 is 14.6 Å². The average Bonchev–Trinajstić information content (AvgIpc) is 2.70. The number of Topliss-reactive ketones (excluding diaryl/α,β-unsaturated/α-hetero) is 1. The van der Waals surface area contributed by atoms with E-state index in [-0.39, 0.29) is 12.4 Å². The summed E-state index contributed by atoms with van der Waals surface area (Å²) in [6, 6.07) is 0. The van der Waals surface area contributed by atoms with Crippen LogP contribution in [0.15, 0.2) is 12.3 Å². The van der Waals surface area contributed by atoms with E-state index in [0.717, 1.165) is 0 Å². The van der Waals surface area contributed by atoms with E-state index in [2.05, 4.69) is 4.98 Å². The summed E-state index contributed by atoms with van der Waals surface area (Å²) in [5.41, 5.74) is 0.698. The fraction of sp³-hybridized carbons (Fsp3) is 0.500. The van der Waals surface area contributed by atoms with Crippen molar-refractivity contribution in [2.24, 2.45) is 0 Å². The minimum atomic E-state index is -0.0912. The number of ketones is 1. The molecule has 0 aromatic carbocycles. The summed E-state index contributed by atoms with van der Waals surface area (Å²) in [6.45, 7) is 4.39. The molecule has 0 radical (unpaired) electrons. The predicted octanol–water partition coefficient (Wildman–Crippen LogP) is 1.48. The van der Waals surface area contributed by atoms with E-state index in [4.69, 9.17) is 9.84 Å². The molecule has 0 aliphatic rings. The normalized spacial score (nSPS) is 11.2. The minimum Gasteiger partial charge on any atom is -0.396 e. The Hall–Kier alpha value is -1.46. The second kappa shape index (κ2) is 6.98. The summed E-state index contributed by atoms with van der Waals surface area (Å²) >= 11 is 0. The Labute approximate surface area is 101 Å². The second-order valence-corrected chi connectivity index (χ2v) is 3.55. The zero-order chi connectivity index (χ0) is 12.7. The lowest BCUT2D eigenvalue weighted by Crippen LogP contribution is -2.09. The molecule has 17 heavy (non-hydrogen) atoms. The number of hydrogen-bond acceptors (Lipinski definition) is 4. The number of aliphatic hydroxyl groups is 1. The number of imidazole rings is 1. The van der Waals surface area contributed by atoms with Crippen LogP contribution in [0.4, 0.5) is 0 Å². The first-order valence-corrected chi connectivity index (χ1v) is 5.62. The van der Waals surface area contributed by atoms with Gasteiger partial charge in [0.15, 0.2) is 11.6 Å². The van der Waals surface area contributed by atoms with Crippen molar-refractivity contribution in [2.75, 3.05) is 13.2 Å². The van der Waals surface area contributed by atoms with Crippen molar-refractivity contribution in [1.29, 1.82) is 0 Å². The maximum Gasteiger partial charge on any atom is 0.195 e. The van der Waals surface area contributed by atoms with Crippen LogP contribution in [0.3, 0.4) is 0 Å². The van der Waals surface area contributed by atoms with Gasteiger partial charge in [-0.3, -0.25) is 4.79 Å². The molecule has 0 bridgehead atoms. The quantitative estimate of drug-likeness (QED) is 0.731. The van der Waals surface area contributed by atoms with Gasteiger partial charge in [0.2, 0.25) is 0 Å². The van der Waals surface area contributed by atoms with Crippen LogP contribution in [-0.4, -0.2) is 33.7 Å². The van der Waals surface area contributed by atoms with E-state index >= 15 is 0 Å². The molecule has 1 heterocycles. The first kappa shape index (κ1) is 13.6. The molecule has 0 aliphatic heterocycles. The van der Waals surface area contributed by atoms with E-state index in [0.29, 0.717) is 31.3 Å². The highest BCUT2D eigenvalue weighted by molar-refractivity contribution is 5.90. The topological polar surface area (TPSA) is 64.3 Å². The van der Waals surface area contributed by atoms with Gasteiger partial charge in [-0.2, -0.15) is 0 Å². The molecule has 1 N–H and O–H groups in total. The highest BCUT2D eigenvalue weighted by Gasteiger charge is 2.10. The van der Waals surface area contributed by atoms with Crippen LogP contribution in [0.2, 0.25) is 0 Å². The Morgan fingerprint density at radius 3 is 3.00 bits per heavy atom. The fourth-order valence-corrected chi connectivity index (χ4v) is 1.36.